The van der Waals surface area contributed by atoms with Gasteiger partial charge in [-0.3, -0.25) is 9.69 Å². The molecule has 24 heavy (non-hydrogen) atoms. The van der Waals surface area contributed by atoms with E-state index in [-0.39, 0.29) is 11.4 Å². The first-order valence-corrected chi connectivity index (χ1v) is 8.80. The second kappa shape index (κ2) is 7.19. The largest absolute Gasteiger partial charge is 0.341 e. The summed E-state index contributed by atoms with van der Waals surface area (Å²) < 4.78 is 0. The molecule has 4 nitrogen and oxygen atoms in total. The van der Waals surface area contributed by atoms with Crippen LogP contribution in [0.3, 0.4) is 0 Å². The van der Waals surface area contributed by atoms with Gasteiger partial charge in [0.15, 0.2) is 0 Å². The van der Waals surface area contributed by atoms with Crippen molar-refractivity contribution in [2.75, 3.05) is 26.2 Å². The maximum atomic E-state index is 12.7. The second-order valence-corrected chi connectivity index (χ2v) is 6.97. The van der Waals surface area contributed by atoms with E-state index in [2.05, 4.69) is 17.5 Å². The molecule has 2 heterocycles. The Bertz CT molecular complexity index is 646. The fourth-order valence-corrected chi connectivity index (χ4v) is 4.21. The molecule has 0 radical (unpaired) electrons. The first kappa shape index (κ1) is 16.7. The summed E-state index contributed by atoms with van der Waals surface area (Å²) in [4.78, 5) is 17.3. The molecule has 1 atom stereocenters. The Morgan fingerprint density at radius 1 is 1.25 bits per heavy atom. The molecule has 1 unspecified atom stereocenters. The molecule has 0 aromatic heterocycles. The number of piperidine rings is 1. The Kier molecular flexibility index (Phi) is 5.01. The molecule has 4 heteroatoms. The minimum atomic E-state index is 0.159. The Morgan fingerprint density at radius 2 is 1.96 bits per heavy atom. The number of nitriles is 1. The lowest BCUT2D eigenvalue weighted by atomic mass is 9.86. The van der Waals surface area contributed by atoms with Crippen LogP contribution in [0.4, 0.5) is 0 Å². The Balaban J connectivity index is 1.66. The lowest BCUT2D eigenvalue weighted by molar-refractivity contribution is -0.134. The van der Waals surface area contributed by atoms with E-state index in [4.69, 9.17) is 5.26 Å². The summed E-state index contributed by atoms with van der Waals surface area (Å²) in [7, 11) is 0. The molecule has 1 spiro atoms. The molecular formula is C20H25N3O. The third-order valence-corrected chi connectivity index (χ3v) is 5.44. The summed E-state index contributed by atoms with van der Waals surface area (Å²) in [5.74, 6) is 0.198. The number of likely N-dealkylation sites (tertiary alicyclic amines) is 2. The van der Waals surface area contributed by atoms with E-state index >= 15 is 0 Å². The molecule has 2 saturated heterocycles. The van der Waals surface area contributed by atoms with Gasteiger partial charge in [-0.05, 0) is 49.9 Å². The number of nitrogens with zero attached hydrogens (tertiary/aromatic N) is 3. The van der Waals surface area contributed by atoms with Crippen molar-refractivity contribution < 1.29 is 4.79 Å². The van der Waals surface area contributed by atoms with Crippen LogP contribution in [0.1, 0.15) is 36.8 Å². The summed E-state index contributed by atoms with van der Waals surface area (Å²) in [5, 5.41) is 8.86. The maximum absolute atomic E-state index is 12.7. The molecule has 3 rings (SSSR count). The topological polar surface area (TPSA) is 47.3 Å². The van der Waals surface area contributed by atoms with Gasteiger partial charge in [0.05, 0.1) is 18.1 Å². The minimum absolute atomic E-state index is 0.159. The predicted molar refractivity (Wildman–Crippen MR) is 94.4 cm³/mol. The van der Waals surface area contributed by atoms with Crippen LogP contribution in [-0.2, 0) is 11.2 Å². The molecule has 0 N–H and O–H groups in total. The van der Waals surface area contributed by atoms with Gasteiger partial charge in [-0.25, -0.2) is 0 Å². The second-order valence-electron chi connectivity index (χ2n) is 6.97. The van der Waals surface area contributed by atoms with Crippen molar-refractivity contribution in [1.82, 2.24) is 9.80 Å². The van der Waals surface area contributed by atoms with Gasteiger partial charge in [0, 0.05) is 25.2 Å². The Morgan fingerprint density at radius 3 is 2.62 bits per heavy atom. The summed E-state index contributed by atoms with van der Waals surface area (Å²) >= 11 is 0. The number of carbonyl (C=O) groups is 1. The van der Waals surface area contributed by atoms with E-state index < -0.39 is 0 Å². The number of benzene rings is 1. The van der Waals surface area contributed by atoms with Crippen molar-refractivity contribution in [2.24, 2.45) is 0 Å². The van der Waals surface area contributed by atoms with Gasteiger partial charge >= 0.3 is 0 Å². The van der Waals surface area contributed by atoms with Crippen LogP contribution in [0.2, 0.25) is 0 Å². The highest BCUT2D eigenvalue weighted by atomic mass is 16.2. The van der Waals surface area contributed by atoms with Gasteiger partial charge < -0.3 is 4.90 Å². The number of amides is 1. The van der Waals surface area contributed by atoms with Crippen molar-refractivity contribution in [1.29, 1.82) is 5.26 Å². The summed E-state index contributed by atoms with van der Waals surface area (Å²) in [6.07, 6.45) is 7.05. The van der Waals surface area contributed by atoms with E-state index in [1.54, 1.807) is 12.1 Å². The molecule has 126 valence electrons. The number of carbonyl (C=O) groups excluding carboxylic acids is 1. The van der Waals surface area contributed by atoms with Crippen LogP contribution < -0.4 is 0 Å². The zero-order chi connectivity index (χ0) is 17.0. The van der Waals surface area contributed by atoms with Crippen LogP contribution in [0.25, 0.3) is 0 Å². The normalized spacial score (nSPS) is 24.0. The predicted octanol–water partition coefficient (Wildman–Crippen LogP) is 2.74. The van der Waals surface area contributed by atoms with E-state index in [1.165, 1.54) is 19.3 Å². The Hall–Kier alpha value is -2.12. The van der Waals surface area contributed by atoms with Gasteiger partial charge in [0.25, 0.3) is 0 Å². The number of hydrogen-bond donors (Lipinski definition) is 0. The first-order valence-electron chi connectivity index (χ1n) is 8.80. The average Bonchev–Trinajstić information content (AvgIpc) is 2.97. The van der Waals surface area contributed by atoms with E-state index in [1.807, 2.05) is 23.1 Å². The highest BCUT2D eigenvalue weighted by Gasteiger charge is 2.44. The van der Waals surface area contributed by atoms with E-state index in [9.17, 15) is 4.79 Å². The quantitative estimate of drug-likeness (QED) is 0.801. The maximum Gasteiger partial charge on any atom is 0.227 e. The summed E-state index contributed by atoms with van der Waals surface area (Å²) in [5.41, 5.74) is 1.77. The lowest BCUT2D eigenvalue weighted by Crippen LogP contribution is -2.57. The zero-order valence-electron chi connectivity index (χ0n) is 14.2. The van der Waals surface area contributed by atoms with Gasteiger partial charge in [-0.15, -0.1) is 6.58 Å². The van der Waals surface area contributed by atoms with E-state index in [0.717, 1.165) is 38.2 Å². The molecule has 2 fully saturated rings. The number of rotatable bonds is 4. The number of hydrogen-bond acceptors (Lipinski definition) is 3. The zero-order valence-corrected chi connectivity index (χ0v) is 14.2. The standard InChI is InChI=1S/C20H25N3O/c1-2-11-23-13-4-10-20(23)9-3-12-22(16-20)19(24)14-17-5-7-18(15-21)8-6-17/h2,5-8H,1,3-4,9-14,16H2. The third kappa shape index (κ3) is 3.37. The summed E-state index contributed by atoms with van der Waals surface area (Å²) in [6, 6.07) is 9.44. The van der Waals surface area contributed by atoms with Gasteiger partial charge in [-0.2, -0.15) is 5.26 Å². The van der Waals surface area contributed by atoms with Crippen LogP contribution in [-0.4, -0.2) is 47.4 Å². The molecule has 1 aromatic rings. The molecule has 1 amide bonds. The van der Waals surface area contributed by atoms with Crippen LogP contribution in [0.5, 0.6) is 0 Å². The van der Waals surface area contributed by atoms with Gasteiger partial charge in [-0.1, -0.05) is 18.2 Å². The van der Waals surface area contributed by atoms with Crippen molar-refractivity contribution >= 4 is 5.91 Å². The molecule has 1 aromatic carbocycles. The first-order chi connectivity index (χ1) is 11.7. The van der Waals surface area contributed by atoms with Crippen molar-refractivity contribution in [3.8, 4) is 6.07 Å². The third-order valence-electron chi connectivity index (χ3n) is 5.44. The van der Waals surface area contributed by atoms with Crippen LogP contribution in [0, 0.1) is 11.3 Å². The van der Waals surface area contributed by atoms with Crippen LogP contribution in [0.15, 0.2) is 36.9 Å². The lowest BCUT2D eigenvalue weighted by Gasteiger charge is -2.46. The highest BCUT2D eigenvalue weighted by molar-refractivity contribution is 5.79. The van der Waals surface area contributed by atoms with Gasteiger partial charge in [0.1, 0.15) is 0 Å². The molecule has 0 aliphatic carbocycles. The van der Waals surface area contributed by atoms with Crippen molar-refractivity contribution in [3.63, 3.8) is 0 Å². The van der Waals surface area contributed by atoms with Crippen molar-refractivity contribution in [3.05, 3.63) is 48.0 Å². The molecule has 0 saturated carbocycles. The summed E-state index contributed by atoms with van der Waals surface area (Å²) in [6.45, 7) is 7.61. The molecule has 0 bridgehead atoms. The SMILES string of the molecule is C=CCN1CCCC12CCCN(C(=O)Cc1ccc(C#N)cc1)C2. The monoisotopic (exact) mass is 323 g/mol. The molecule has 2 aliphatic rings. The average molecular weight is 323 g/mol. The minimum Gasteiger partial charge on any atom is -0.341 e. The van der Waals surface area contributed by atoms with E-state index in [0.29, 0.717) is 12.0 Å². The smallest absolute Gasteiger partial charge is 0.227 e. The molecular weight excluding hydrogens is 298 g/mol. The highest BCUT2D eigenvalue weighted by Crippen LogP contribution is 2.37. The van der Waals surface area contributed by atoms with Gasteiger partial charge in [0.2, 0.25) is 5.91 Å². The van der Waals surface area contributed by atoms with Crippen LogP contribution >= 0.6 is 0 Å². The fourth-order valence-electron chi connectivity index (χ4n) is 4.21. The molecule has 2 aliphatic heterocycles. The van der Waals surface area contributed by atoms with Crippen molar-refractivity contribution in [2.45, 2.75) is 37.6 Å². The fraction of sp³-hybridized carbons (Fsp3) is 0.500. The Labute approximate surface area is 144 Å².